The highest BCUT2D eigenvalue weighted by Crippen LogP contribution is 2.28. The van der Waals surface area contributed by atoms with Crippen LogP contribution in [-0.4, -0.2) is 28.4 Å². The lowest BCUT2D eigenvalue weighted by Gasteiger charge is -2.11. The summed E-state index contributed by atoms with van der Waals surface area (Å²) in [5.41, 5.74) is 0.973. The molecule has 2 heterocycles. The molecule has 3 amide bonds. The minimum absolute atomic E-state index is 0.00382. The Balaban J connectivity index is 1.49. The van der Waals surface area contributed by atoms with Gasteiger partial charge in [0.15, 0.2) is 0 Å². The quantitative estimate of drug-likeness (QED) is 0.457. The van der Waals surface area contributed by atoms with Crippen molar-refractivity contribution >= 4 is 35.2 Å². The molecule has 0 saturated heterocycles. The number of amides is 3. The summed E-state index contributed by atoms with van der Waals surface area (Å²) in [6.45, 7) is 0.00382. The van der Waals surface area contributed by atoms with Crippen LogP contribution in [0.15, 0.2) is 70.2 Å². The van der Waals surface area contributed by atoms with Gasteiger partial charge in [-0.1, -0.05) is 11.8 Å². The normalized spacial score (nSPS) is 13.1. The smallest absolute Gasteiger partial charge is 0.288 e. The average Bonchev–Trinajstić information content (AvgIpc) is 3.32. The lowest BCUT2D eigenvalue weighted by Crippen LogP contribution is -2.28. The van der Waals surface area contributed by atoms with E-state index < -0.39 is 23.5 Å². The minimum atomic E-state index is -2.52. The SMILES string of the molecule is O=C(Nc1ccc(SC(F)F)cc1)c1ccc2c(c1)C(=O)N(Cc1ccco1)C2=O. The van der Waals surface area contributed by atoms with Crippen LogP contribution in [0.2, 0.25) is 0 Å². The van der Waals surface area contributed by atoms with Gasteiger partial charge in [0.25, 0.3) is 23.5 Å². The van der Waals surface area contributed by atoms with Crippen molar-refractivity contribution in [2.45, 2.75) is 17.2 Å². The Hall–Kier alpha value is -3.46. The number of anilines is 1. The second-order valence-corrected chi connectivity index (χ2v) is 7.46. The highest BCUT2D eigenvalue weighted by molar-refractivity contribution is 7.99. The highest BCUT2D eigenvalue weighted by Gasteiger charge is 2.36. The van der Waals surface area contributed by atoms with Gasteiger partial charge in [0.1, 0.15) is 5.76 Å². The summed E-state index contributed by atoms with van der Waals surface area (Å²) < 4.78 is 30.0. The number of hydrogen-bond acceptors (Lipinski definition) is 5. The molecule has 0 radical (unpaired) electrons. The molecule has 3 aromatic rings. The minimum Gasteiger partial charge on any atom is -0.467 e. The van der Waals surface area contributed by atoms with Crippen LogP contribution in [0.5, 0.6) is 0 Å². The van der Waals surface area contributed by atoms with Crippen LogP contribution in [0, 0.1) is 0 Å². The molecule has 0 saturated carbocycles. The number of thioether (sulfide) groups is 1. The number of alkyl halides is 2. The molecule has 30 heavy (non-hydrogen) atoms. The molecule has 6 nitrogen and oxygen atoms in total. The number of nitrogens with one attached hydrogen (secondary N) is 1. The summed E-state index contributed by atoms with van der Waals surface area (Å²) in [5, 5.41) is 2.64. The molecular weight excluding hydrogens is 414 g/mol. The van der Waals surface area contributed by atoms with Gasteiger partial charge < -0.3 is 9.73 Å². The van der Waals surface area contributed by atoms with E-state index in [9.17, 15) is 23.2 Å². The van der Waals surface area contributed by atoms with Gasteiger partial charge in [-0.2, -0.15) is 8.78 Å². The molecule has 1 aliphatic rings. The third kappa shape index (κ3) is 3.97. The zero-order valence-electron chi connectivity index (χ0n) is 15.3. The largest absolute Gasteiger partial charge is 0.467 e. The summed E-state index contributed by atoms with van der Waals surface area (Å²) >= 11 is 0.411. The van der Waals surface area contributed by atoms with Crippen molar-refractivity contribution in [1.29, 1.82) is 0 Å². The third-order valence-corrected chi connectivity index (χ3v) is 5.19. The zero-order valence-corrected chi connectivity index (χ0v) is 16.1. The molecule has 4 rings (SSSR count). The molecule has 2 aromatic carbocycles. The molecule has 0 bridgehead atoms. The summed E-state index contributed by atoms with van der Waals surface area (Å²) in [6, 6.07) is 13.6. The van der Waals surface area contributed by atoms with Gasteiger partial charge in [-0.15, -0.1) is 0 Å². The molecular formula is C21H14F2N2O4S. The predicted molar refractivity (Wildman–Crippen MR) is 106 cm³/mol. The van der Waals surface area contributed by atoms with Crippen molar-refractivity contribution in [1.82, 2.24) is 4.90 Å². The number of nitrogens with zero attached hydrogens (tertiary/aromatic N) is 1. The predicted octanol–water partition coefficient (Wildman–Crippen LogP) is 4.64. The number of carbonyl (C=O) groups is 3. The Morgan fingerprint density at radius 1 is 1.03 bits per heavy atom. The average molecular weight is 428 g/mol. The van der Waals surface area contributed by atoms with Gasteiger partial charge in [0.05, 0.1) is 23.9 Å². The summed E-state index contributed by atoms with van der Waals surface area (Å²) in [4.78, 5) is 39.2. The number of rotatable bonds is 6. The van der Waals surface area contributed by atoms with E-state index in [-0.39, 0.29) is 23.2 Å². The molecule has 0 spiro atoms. The number of halogens is 2. The highest BCUT2D eigenvalue weighted by atomic mass is 32.2. The summed E-state index contributed by atoms with van der Waals surface area (Å²) in [5.74, 6) is -3.50. The number of carbonyl (C=O) groups excluding carboxylic acids is 3. The molecule has 1 aromatic heterocycles. The van der Waals surface area contributed by atoms with Crippen LogP contribution in [0.3, 0.4) is 0 Å². The van der Waals surface area contributed by atoms with E-state index in [1.807, 2.05) is 0 Å². The van der Waals surface area contributed by atoms with Crippen LogP contribution in [0.1, 0.15) is 36.8 Å². The second-order valence-electron chi connectivity index (χ2n) is 6.39. The summed E-state index contributed by atoms with van der Waals surface area (Å²) in [7, 11) is 0. The Morgan fingerprint density at radius 2 is 1.77 bits per heavy atom. The Kier molecular flexibility index (Phi) is 5.37. The standard InChI is InChI=1S/C21H14F2N2O4S/c22-21(23)30-15-6-4-13(5-7-15)24-18(26)12-3-8-16-17(10-12)20(28)25(19(16)27)11-14-2-1-9-29-14/h1-10,21H,11H2,(H,24,26). The van der Waals surface area contributed by atoms with Gasteiger partial charge in [-0.3, -0.25) is 19.3 Å². The fourth-order valence-corrected chi connectivity index (χ4v) is 3.56. The lowest BCUT2D eigenvalue weighted by atomic mass is 10.1. The number of benzene rings is 2. The first-order chi connectivity index (χ1) is 14.4. The van der Waals surface area contributed by atoms with Crippen LogP contribution in [0.4, 0.5) is 14.5 Å². The number of imide groups is 1. The van der Waals surface area contributed by atoms with Gasteiger partial charge in [-0.05, 0) is 54.6 Å². The first-order valence-electron chi connectivity index (χ1n) is 8.81. The molecule has 1 N–H and O–H groups in total. The Morgan fingerprint density at radius 3 is 2.43 bits per heavy atom. The van der Waals surface area contributed by atoms with E-state index in [1.165, 1.54) is 48.7 Å². The third-order valence-electron chi connectivity index (χ3n) is 4.46. The van der Waals surface area contributed by atoms with E-state index in [1.54, 1.807) is 12.1 Å². The van der Waals surface area contributed by atoms with Crippen LogP contribution in [-0.2, 0) is 6.54 Å². The van der Waals surface area contributed by atoms with Crippen molar-refractivity contribution in [3.05, 3.63) is 83.3 Å². The first-order valence-corrected chi connectivity index (χ1v) is 9.69. The van der Waals surface area contributed by atoms with Crippen molar-refractivity contribution < 1.29 is 27.6 Å². The first kappa shape index (κ1) is 19.8. The Labute approximate surface area is 173 Å². The molecule has 1 aliphatic heterocycles. The molecule has 152 valence electrons. The molecule has 0 atom stereocenters. The molecule has 9 heteroatoms. The van der Waals surface area contributed by atoms with E-state index >= 15 is 0 Å². The lowest BCUT2D eigenvalue weighted by molar-refractivity contribution is 0.0631. The zero-order chi connectivity index (χ0) is 21.3. The Bertz CT molecular complexity index is 1110. The van der Waals surface area contributed by atoms with Crippen LogP contribution >= 0.6 is 11.8 Å². The maximum atomic E-state index is 12.7. The fraction of sp³-hybridized carbons (Fsp3) is 0.0952. The topological polar surface area (TPSA) is 79.6 Å². The van der Waals surface area contributed by atoms with E-state index in [2.05, 4.69) is 5.32 Å². The molecule has 0 aliphatic carbocycles. The van der Waals surface area contributed by atoms with Gasteiger partial charge in [0.2, 0.25) is 0 Å². The second kappa shape index (κ2) is 8.11. The molecule has 0 fully saturated rings. The number of fused-ring (bicyclic) bond motifs is 1. The maximum absolute atomic E-state index is 12.7. The van der Waals surface area contributed by atoms with E-state index in [4.69, 9.17) is 4.42 Å². The maximum Gasteiger partial charge on any atom is 0.288 e. The van der Waals surface area contributed by atoms with E-state index in [0.717, 1.165) is 4.90 Å². The number of hydrogen-bond donors (Lipinski definition) is 1. The van der Waals surface area contributed by atoms with E-state index in [0.29, 0.717) is 28.1 Å². The number of furan rings is 1. The van der Waals surface area contributed by atoms with Crippen LogP contribution < -0.4 is 5.32 Å². The van der Waals surface area contributed by atoms with Gasteiger partial charge in [-0.25, -0.2) is 0 Å². The summed E-state index contributed by atoms with van der Waals surface area (Å²) in [6.07, 6.45) is 1.45. The van der Waals surface area contributed by atoms with Crippen LogP contribution in [0.25, 0.3) is 0 Å². The van der Waals surface area contributed by atoms with Gasteiger partial charge in [0, 0.05) is 16.1 Å². The molecule has 0 unspecified atom stereocenters. The van der Waals surface area contributed by atoms with Crippen molar-refractivity contribution in [2.75, 3.05) is 5.32 Å². The van der Waals surface area contributed by atoms with Crippen molar-refractivity contribution in [2.24, 2.45) is 0 Å². The van der Waals surface area contributed by atoms with Gasteiger partial charge >= 0.3 is 0 Å². The van der Waals surface area contributed by atoms with Crippen molar-refractivity contribution in [3.8, 4) is 0 Å². The van der Waals surface area contributed by atoms with Crippen molar-refractivity contribution in [3.63, 3.8) is 0 Å². The monoisotopic (exact) mass is 428 g/mol. The fourth-order valence-electron chi connectivity index (χ4n) is 3.06.